The van der Waals surface area contributed by atoms with Gasteiger partial charge in [0.25, 0.3) is 0 Å². The van der Waals surface area contributed by atoms with E-state index in [4.69, 9.17) is 9.73 Å². The summed E-state index contributed by atoms with van der Waals surface area (Å²) >= 11 is 0. The van der Waals surface area contributed by atoms with Gasteiger partial charge in [-0.3, -0.25) is 4.99 Å². The van der Waals surface area contributed by atoms with Crippen LogP contribution in [-0.2, 0) is 9.53 Å². The summed E-state index contributed by atoms with van der Waals surface area (Å²) in [7, 11) is 1.39. The molecule has 0 aromatic heterocycles. The summed E-state index contributed by atoms with van der Waals surface area (Å²) < 4.78 is 5.02. The number of nitrogens with zero attached hydrogens (tertiary/aromatic N) is 1. The van der Waals surface area contributed by atoms with Crippen LogP contribution in [0.4, 0.5) is 0 Å². The first kappa shape index (κ1) is 17.6. The van der Waals surface area contributed by atoms with Gasteiger partial charge in [-0.05, 0) is 12.5 Å². The normalized spacial score (nSPS) is 11.5. The molecule has 3 rings (SSSR count). The Hall–Kier alpha value is -3.20. The molecule has 0 radical (unpaired) electrons. The lowest BCUT2D eigenvalue weighted by atomic mass is 10.0. The lowest BCUT2D eigenvalue weighted by Crippen LogP contribution is -2.16. The summed E-state index contributed by atoms with van der Waals surface area (Å²) in [5, 5.41) is 0. The van der Waals surface area contributed by atoms with Gasteiger partial charge in [0, 0.05) is 11.1 Å². The van der Waals surface area contributed by atoms with E-state index in [9.17, 15) is 4.79 Å². The summed E-state index contributed by atoms with van der Waals surface area (Å²) in [5.74, 6) is -0.377. The van der Waals surface area contributed by atoms with Crippen molar-refractivity contribution < 1.29 is 9.53 Å². The van der Waals surface area contributed by atoms with Gasteiger partial charge >= 0.3 is 5.97 Å². The van der Waals surface area contributed by atoms with Crippen LogP contribution in [0.25, 0.3) is 0 Å². The third-order valence-corrected chi connectivity index (χ3v) is 4.17. The molecule has 3 aromatic rings. The number of esters is 1. The Morgan fingerprint density at radius 1 is 0.808 bits per heavy atom. The molecule has 1 unspecified atom stereocenters. The predicted octanol–water partition coefficient (Wildman–Crippen LogP) is 4.75. The van der Waals surface area contributed by atoms with E-state index in [-0.39, 0.29) is 5.97 Å². The van der Waals surface area contributed by atoms with Crippen LogP contribution in [-0.4, -0.2) is 18.8 Å². The number of hydrogen-bond acceptors (Lipinski definition) is 3. The summed E-state index contributed by atoms with van der Waals surface area (Å²) in [6.45, 7) is 2.01. The molecule has 3 aromatic carbocycles. The van der Waals surface area contributed by atoms with Crippen LogP contribution < -0.4 is 0 Å². The highest BCUT2D eigenvalue weighted by Gasteiger charge is 2.22. The number of rotatable bonds is 5. The molecule has 0 bridgehead atoms. The summed E-state index contributed by atoms with van der Waals surface area (Å²) in [6.07, 6.45) is 0. The Kier molecular flexibility index (Phi) is 5.59. The minimum atomic E-state index is -0.712. The highest BCUT2D eigenvalue weighted by molar-refractivity contribution is 6.13. The molecule has 3 heteroatoms. The van der Waals surface area contributed by atoms with Crippen LogP contribution >= 0.6 is 0 Å². The molecular formula is C23H21NO2. The summed E-state index contributed by atoms with van der Waals surface area (Å²) in [5.41, 5.74) is 4.63. The SMILES string of the molecule is COC(=O)C(N=C(c1ccccc1)c1ccccc1)c1ccc(C)cc1. The molecule has 0 aliphatic rings. The standard InChI is InChI=1S/C23H21NO2/c1-17-13-15-20(16-14-17)22(23(25)26-2)24-21(18-9-5-3-6-10-18)19-11-7-4-8-12-19/h3-16,22H,1-2H3. The minimum absolute atomic E-state index is 0.377. The largest absolute Gasteiger partial charge is 0.467 e. The van der Waals surface area contributed by atoms with Gasteiger partial charge < -0.3 is 4.74 Å². The zero-order chi connectivity index (χ0) is 18.4. The van der Waals surface area contributed by atoms with Gasteiger partial charge in [0.2, 0.25) is 0 Å². The van der Waals surface area contributed by atoms with Gasteiger partial charge in [0.1, 0.15) is 0 Å². The lowest BCUT2D eigenvalue weighted by molar-refractivity contribution is -0.142. The molecule has 0 aliphatic heterocycles. The maximum atomic E-state index is 12.5. The molecule has 0 fully saturated rings. The second kappa shape index (κ2) is 8.26. The minimum Gasteiger partial charge on any atom is -0.467 e. The van der Waals surface area contributed by atoms with Gasteiger partial charge in [0.15, 0.2) is 6.04 Å². The van der Waals surface area contributed by atoms with Crippen molar-refractivity contribution in [1.29, 1.82) is 0 Å². The molecule has 0 N–H and O–H groups in total. The molecule has 0 saturated heterocycles. The van der Waals surface area contributed by atoms with Crippen molar-refractivity contribution in [2.24, 2.45) is 4.99 Å². The van der Waals surface area contributed by atoms with Crippen molar-refractivity contribution in [1.82, 2.24) is 0 Å². The van der Waals surface area contributed by atoms with Gasteiger partial charge in [-0.2, -0.15) is 0 Å². The first-order valence-electron chi connectivity index (χ1n) is 8.52. The average Bonchev–Trinajstić information content (AvgIpc) is 2.70. The topological polar surface area (TPSA) is 38.7 Å². The first-order chi connectivity index (χ1) is 12.7. The molecule has 26 heavy (non-hydrogen) atoms. The van der Waals surface area contributed by atoms with Crippen LogP contribution in [0.3, 0.4) is 0 Å². The Bertz CT molecular complexity index is 843. The number of carbonyl (C=O) groups is 1. The number of ether oxygens (including phenoxy) is 1. The second-order valence-electron chi connectivity index (χ2n) is 6.05. The molecule has 0 heterocycles. The number of methoxy groups -OCH3 is 1. The van der Waals surface area contributed by atoms with E-state index in [1.807, 2.05) is 91.9 Å². The van der Waals surface area contributed by atoms with Crippen LogP contribution in [0, 0.1) is 6.92 Å². The highest BCUT2D eigenvalue weighted by Crippen LogP contribution is 2.23. The third kappa shape index (κ3) is 4.06. The molecule has 0 amide bonds. The smallest absolute Gasteiger partial charge is 0.335 e. The van der Waals surface area contributed by atoms with Crippen molar-refractivity contribution in [2.45, 2.75) is 13.0 Å². The van der Waals surface area contributed by atoms with Crippen molar-refractivity contribution in [3.63, 3.8) is 0 Å². The fourth-order valence-electron chi connectivity index (χ4n) is 2.76. The van der Waals surface area contributed by atoms with Crippen LogP contribution in [0.2, 0.25) is 0 Å². The zero-order valence-corrected chi connectivity index (χ0v) is 14.9. The Morgan fingerprint density at radius 2 is 1.31 bits per heavy atom. The van der Waals surface area contributed by atoms with Gasteiger partial charge in [-0.25, -0.2) is 4.79 Å². The number of aryl methyl sites for hydroxylation is 1. The quantitative estimate of drug-likeness (QED) is 0.495. The molecule has 0 aliphatic carbocycles. The van der Waals surface area contributed by atoms with E-state index in [2.05, 4.69) is 0 Å². The monoisotopic (exact) mass is 343 g/mol. The number of benzene rings is 3. The van der Waals surface area contributed by atoms with Crippen LogP contribution in [0.15, 0.2) is 89.9 Å². The van der Waals surface area contributed by atoms with Gasteiger partial charge in [-0.15, -0.1) is 0 Å². The van der Waals surface area contributed by atoms with Crippen molar-refractivity contribution >= 4 is 11.7 Å². The Balaban J connectivity index is 2.14. The number of hydrogen-bond donors (Lipinski definition) is 0. The fraction of sp³-hybridized carbons (Fsp3) is 0.130. The van der Waals surface area contributed by atoms with Crippen molar-refractivity contribution in [2.75, 3.05) is 7.11 Å². The average molecular weight is 343 g/mol. The predicted molar refractivity (Wildman–Crippen MR) is 104 cm³/mol. The van der Waals surface area contributed by atoms with Crippen molar-refractivity contribution in [3.8, 4) is 0 Å². The molecule has 130 valence electrons. The van der Waals surface area contributed by atoms with E-state index in [0.717, 1.165) is 28.0 Å². The Labute approximate surface area is 154 Å². The highest BCUT2D eigenvalue weighted by atomic mass is 16.5. The molecule has 0 spiro atoms. The van der Waals surface area contributed by atoms with Crippen LogP contribution in [0.1, 0.15) is 28.3 Å². The lowest BCUT2D eigenvalue weighted by Gasteiger charge is -2.15. The van der Waals surface area contributed by atoms with E-state index in [1.165, 1.54) is 7.11 Å². The molecule has 1 atom stereocenters. The van der Waals surface area contributed by atoms with E-state index >= 15 is 0 Å². The molecule has 0 saturated carbocycles. The van der Waals surface area contributed by atoms with Crippen molar-refractivity contribution in [3.05, 3.63) is 107 Å². The van der Waals surface area contributed by atoms with Gasteiger partial charge in [-0.1, -0.05) is 90.5 Å². The second-order valence-corrected chi connectivity index (χ2v) is 6.05. The first-order valence-corrected chi connectivity index (χ1v) is 8.52. The molecular weight excluding hydrogens is 322 g/mol. The fourth-order valence-corrected chi connectivity index (χ4v) is 2.76. The summed E-state index contributed by atoms with van der Waals surface area (Å²) in [4.78, 5) is 17.3. The summed E-state index contributed by atoms with van der Waals surface area (Å²) in [6, 6.07) is 26.9. The Morgan fingerprint density at radius 3 is 1.77 bits per heavy atom. The van der Waals surface area contributed by atoms with E-state index in [1.54, 1.807) is 0 Å². The van der Waals surface area contributed by atoms with Crippen LogP contribution in [0.5, 0.6) is 0 Å². The number of carbonyl (C=O) groups excluding carboxylic acids is 1. The van der Waals surface area contributed by atoms with E-state index in [0.29, 0.717) is 0 Å². The number of aliphatic imine (C=N–C) groups is 1. The maximum absolute atomic E-state index is 12.5. The zero-order valence-electron chi connectivity index (χ0n) is 14.9. The molecule has 3 nitrogen and oxygen atoms in total. The van der Waals surface area contributed by atoms with E-state index < -0.39 is 6.04 Å². The maximum Gasteiger partial charge on any atom is 0.335 e. The van der Waals surface area contributed by atoms with Gasteiger partial charge in [0.05, 0.1) is 12.8 Å². The third-order valence-electron chi connectivity index (χ3n) is 4.17.